The number of nitrogens with zero attached hydrogens (tertiary/aromatic N) is 2. The number of sulfonamides is 1. The third-order valence-electron chi connectivity index (χ3n) is 4.54. The van der Waals surface area contributed by atoms with Gasteiger partial charge in [-0.15, -0.1) is 0 Å². The van der Waals surface area contributed by atoms with Gasteiger partial charge >= 0.3 is 0 Å². The highest BCUT2D eigenvalue weighted by molar-refractivity contribution is 7.89. The summed E-state index contributed by atoms with van der Waals surface area (Å²) in [4.78, 5) is 14.5. The Morgan fingerprint density at radius 1 is 1.16 bits per heavy atom. The van der Waals surface area contributed by atoms with Crippen molar-refractivity contribution in [3.8, 4) is 5.75 Å². The van der Waals surface area contributed by atoms with Crippen LogP contribution in [0, 0.1) is 0 Å². The maximum Gasteiger partial charge on any atom is 0.253 e. The molecule has 1 aromatic rings. The maximum atomic E-state index is 12.8. The average molecular weight is 368 g/mol. The largest absolute Gasteiger partial charge is 0.496 e. The first-order valence-corrected chi connectivity index (χ1v) is 10.2. The predicted molar refractivity (Wildman–Crippen MR) is 98.6 cm³/mol. The fraction of sp³-hybridized carbons (Fsp3) is 0.611. The van der Waals surface area contributed by atoms with Gasteiger partial charge in [-0.05, 0) is 30.5 Å². The van der Waals surface area contributed by atoms with Gasteiger partial charge in [0, 0.05) is 37.3 Å². The van der Waals surface area contributed by atoms with E-state index in [9.17, 15) is 13.2 Å². The SMILES string of the molecule is CCS(=O)(=O)N1CCN(C(=O)c2ccc(OC)c(C(C)(C)C)c2)CC1. The fourth-order valence-electron chi connectivity index (χ4n) is 2.96. The van der Waals surface area contributed by atoms with E-state index in [4.69, 9.17) is 4.74 Å². The first kappa shape index (κ1) is 19.7. The van der Waals surface area contributed by atoms with Crippen LogP contribution in [0.3, 0.4) is 0 Å². The minimum absolute atomic E-state index is 0.0679. The first-order valence-electron chi connectivity index (χ1n) is 8.55. The van der Waals surface area contributed by atoms with Gasteiger partial charge in [0.1, 0.15) is 5.75 Å². The number of ether oxygens (including phenoxy) is 1. The molecule has 1 aromatic carbocycles. The third-order valence-corrected chi connectivity index (χ3v) is 6.42. The fourth-order valence-corrected chi connectivity index (χ4v) is 4.05. The van der Waals surface area contributed by atoms with Gasteiger partial charge < -0.3 is 9.64 Å². The molecule has 1 aliphatic heterocycles. The van der Waals surface area contributed by atoms with Gasteiger partial charge in [-0.25, -0.2) is 8.42 Å². The zero-order valence-electron chi connectivity index (χ0n) is 15.7. The van der Waals surface area contributed by atoms with Gasteiger partial charge in [-0.2, -0.15) is 4.31 Å². The second-order valence-corrected chi connectivity index (χ2v) is 9.51. The molecule has 1 fully saturated rings. The Morgan fingerprint density at radius 2 is 1.76 bits per heavy atom. The lowest BCUT2D eigenvalue weighted by Gasteiger charge is -2.34. The number of hydrogen-bond acceptors (Lipinski definition) is 4. The van der Waals surface area contributed by atoms with Crippen molar-refractivity contribution < 1.29 is 17.9 Å². The molecule has 1 aliphatic rings. The number of amides is 1. The monoisotopic (exact) mass is 368 g/mol. The molecular formula is C18H28N2O4S. The Balaban J connectivity index is 2.17. The maximum absolute atomic E-state index is 12.8. The highest BCUT2D eigenvalue weighted by Crippen LogP contribution is 2.32. The summed E-state index contributed by atoms with van der Waals surface area (Å²) in [6.07, 6.45) is 0. The van der Waals surface area contributed by atoms with Crippen molar-refractivity contribution in [3.63, 3.8) is 0 Å². The number of carbonyl (C=O) groups is 1. The minimum Gasteiger partial charge on any atom is -0.496 e. The number of carbonyl (C=O) groups excluding carboxylic acids is 1. The Kier molecular flexibility index (Phi) is 5.79. The van der Waals surface area contributed by atoms with Crippen LogP contribution >= 0.6 is 0 Å². The van der Waals surface area contributed by atoms with Crippen LogP contribution in [0.5, 0.6) is 5.75 Å². The standard InChI is InChI=1S/C18H28N2O4S/c1-6-25(22,23)20-11-9-19(10-12-20)17(21)14-7-8-16(24-5)15(13-14)18(2,3)4/h7-8,13H,6,9-12H2,1-5H3. The van der Waals surface area contributed by atoms with Crippen LogP contribution in [0.25, 0.3) is 0 Å². The second kappa shape index (κ2) is 7.33. The number of hydrogen-bond donors (Lipinski definition) is 0. The van der Waals surface area contributed by atoms with Crippen molar-refractivity contribution in [3.05, 3.63) is 29.3 Å². The van der Waals surface area contributed by atoms with Gasteiger partial charge in [0.15, 0.2) is 0 Å². The smallest absolute Gasteiger partial charge is 0.253 e. The van der Waals surface area contributed by atoms with E-state index in [-0.39, 0.29) is 17.1 Å². The molecule has 7 heteroatoms. The topological polar surface area (TPSA) is 66.9 Å². The average Bonchev–Trinajstić information content (AvgIpc) is 2.60. The zero-order chi connectivity index (χ0) is 18.8. The van der Waals surface area contributed by atoms with Gasteiger partial charge in [0.05, 0.1) is 12.9 Å². The van der Waals surface area contributed by atoms with E-state index in [0.29, 0.717) is 31.7 Å². The molecule has 1 saturated heterocycles. The Morgan fingerprint density at radius 3 is 2.24 bits per heavy atom. The molecule has 0 N–H and O–H groups in total. The first-order chi connectivity index (χ1) is 11.6. The van der Waals surface area contributed by atoms with Crippen LogP contribution in [0.2, 0.25) is 0 Å². The highest BCUT2D eigenvalue weighted by Gasteiger charge is 2.29. The Hall–Kier alpha value is -1.60. The summed E-state index contributed by atoms with van der Waals surface area (Å²) < 4.78 is 30.8. The van der Waals surface area contributed by atoms with Crippen LogP contribution in [-0.2, 0) is 15.4 Å². The van der Waals surface area contributed by atoms with E-state index >= 15 is 0 Å². The molecule has 25 heavy (non-hydrogen) atoms. The molecule has 0 unspecified atom stereocenters. The molecular weight excluding hydrogens is 340 g/mol. The van der Waals surface area contributed by atoms with Gasteiger partial charge in [0.2, 0.25) is 10.0 Å². The quantitative estimate of drug-likeness (QED) is 0.816. The molecule has 2 rings (SSSR count). The van der Waals surface area contributed by atoms with Crippen molar-refractivity contribution >= 4 is 15.9 Å². The van der Waals surface area contributed by atoms with E-state index in [2.05, 4.69) is 20.8 Å². The van der Waals surface area contributed by atoms with Gasteiger partial charge in [-0.3, -0.25) is 4.79 Å². The number of piperazine rings is 1. The van der Waals surface area contributed by atoms with E-state index < -0.39 is 10.0 Å². The summed E-state index contributed by atoms with van der Waals surface area (Å²) >= 11 is 0. The summed E-state index contributed by atoms with van der Waals surface area (Å²) in [5.41, 5.74) is 1.45. The molecule has 140 valence electrons. The number of rotatable bonds is 4. The Labute approximate surface area is 150 Å². The molecule has 0 aromatic heterocycles. The molecule has 0 saturated carbocycles. The molecule has 0 radical (unpaired) electrons. The van der Waals surface area contributed by atoms with E-state index in [1.54, 1.807) is 25.0 Å². The lowest BCUT2D eigenvalue weighted by Crippen LogP contribution is -2.50. The Bertz CT molecular complexity index is 730. The molecule has 1 amide bonds. The third kappa shape index (κ3) is 4.33. The number of benzene rings is 1. The molecule has 0 atom stereocenters. The zero-order valence-corrected chi connectivity index (χ0v) is 16.5. The van der Waals surface area contributed by atoms with E-state index in [0.717, 1.165) is 11.3 Å². The van der Waals surface area contributed by atoms with Crippen LogP contribution in [0.4, 0.5) is 0 Å². The summed E-state index contributed by atoms with van der Waals surface area (Å²) in [6, 6.07) is 5.48. The van der Waals surface area contributed by atoms with Crippen LogP contribution in [-0.4, -0.2) is 62.6 Å². The summed E-state index contributed by atoms with van der Waals surface area (Å²) in [5.74, 6) is 0.790. The number of methoxy groups -OCH3 is 1. The predicted octanol–water partition coefficient (Wildman–Crippen LogP) is 2.10. The van der Waals surface area contributed by atoms with Crippen molar-refractivity contribution in [1.29, 1.82) is 0 Å². The van der Waals surface area contributed by atoms with Crippen molar-refractivity contribution in [2.45, 2.75) is 33.1 Å². The molecule has 0 bridgehead atoms. The van der Waals surface area contributed by atoms with Crippen molar-refractivity contribution in [2.24, 2.45) is 0 Å². The lowest BCUT2D eigenvalue weighted by atomic mass is 9.85. The molecule has 6 nitrogen and oxygen atoms in total. The van der Waals surface area contributed by atoms with Crippen LogP contribution in [0.1, 0.15) is 43.6 Å². The summed E-state index contributed by atoms with van der Waals surface area (Å²) in [7, 11) is -1.57. The highest BCUT2D eigenvalue weighted by atomic mass is 32.2. The molecule has 0 spiro atoms. The van der Waals surface area contributed by atoms with E-state index in [1.165, 1.54) is 4.31 Å². The summed E-state index contributed by atoms with van der Waals surface area (Å²) in [6.45, 7) is 9.39. The van der Waals surface area contributed by atoms with E-state index in [1.807, 2.05) is 12.1 Å². The normalized spacial score (nSPS) is 16.8. The van der Waals surface area contributed by atoms with Crippen molar-refractivity contribution in [1.82, 2.24) is 9.21 Å². The molecule has 1 heterocycles. The van der Waals surface area contributed by atoms with Crippen LogP contribution < -0.4 is 4.74 Å². The lowest BCUT2D eigenvalue weighted by molar-refractivity contribution is 0.0698. The molecule has 0 aliphatic carbocycles. The van der Waals surface area contributed by atoms with Gasteiger partial charge in [-0.1, -0.05) is 20.8 Å². The second-order valence-electron chi connectivity index (χ2n) is 7.26. The van der Waals surface area contributed by atoms with Crippen LogP contribution in [0.15, 0.2) is 18.2 Å². The van der Waals surface area contributed by atoms with Crippen molar-refractivity contribution in [2.75, 3.05) is 39.0 Å². The van der Waals surface area contributed by atoms with Gasteiger partial charge in [0.25, 0.3) is 5.91 Å². The summed E-state index contributed by atoms with van der Waals surface area (Å²) in [5, 5.41) is 0. The minimum atomic E-state index is -3.19.